The van der Waals surface area contributed by atoms with Crippen LogP contribution in [0.5, 0.6) is 0 Å². The Morgan fingerprint density at radius 3 is 2.74 bits per heavy atom. The maximum absolute atomic E-state index is 13.9. The first kappa shape index (κ1) is 17.4. The number of carbonyl (C=O) groups excluding carboxylic acids is 1. The predicted octanol–water partition coefficient (Wildman–Crippen LogP) is 3.85. The number of nitrogens with one attached hydrogen (secondary N) is 1. The van der Waals surface area contributed by atoms with Crippen LogP contribution in [0.2, 0.25) is 0 Å². The van der Waals surface area contributed by atoms with Crippen LogP contribution < -0.4 is 11.1 Å². The monoisotopic (exact) mass is 350 g/mol. The molecule has 3 aromatic rings. The van der Waals surface area contributed by atoms with Crippen LogP contribution in [0.3, 0.4) is 0 Å². The number of nitrogens with two attached hydrogens (primary N) is 1. The zero-order chi connectivity index (χ0) is 15.5. The third-order valence-electron chi connectivity index (χ3n) is 3.52. The van der Waals surface area contributed by atoms with Crippen molar-refractivity contribution in [3.8, 4) is 0 Å². The van der Waals surface area contributed by atoms with Crippen molar-refractivity contribution in [1.29, 1.82) is 0 Å². The fraction of sp³-hybridized carbons (Fsp3) is 0.118. The molecule has 3 rings (SSSR count). The van der Waals surface area contributed by atoms with E-state index in [1.165, 1.54) is 17.4 Å². The Morgan fingerprint density at radius 1 is 1.22 bits per heavy atom. The number of fused-ring (bicyclic) bond motifs is 1. The number of benzene rings is 2. The average Bonchev–Trinajstić information content (AvgIpc) is 2.97. The predicted molar refractivity (Wildman–Crippen MR) is 94.5 cm³/mol. The lowest BCUT2D eigenvalue weighted by molar-refractivity contribution is 0.0952. The van der Waals surface area contributed by atoms with E-state index in [1.54, 1.807) is 12.1 Å². The number of carbonyl (C=O) groups is 1. The molecule has 1 amide bonds. The first-order valence-corrected chi connectivity index (χ1v) is 7.79. The van der Waals surface area contributed by atoms with Crippen molar-refractivity contribution in [3.63, 3.8) is 0 Å². The van der Waals surface area contributed by atoms with Crippen molar-refractivity contribution in [2.75, 3.05) is 0 Å². The normalized spacial score (nSPS) is 10.3. The smallest absolute Gasteiger partial charge is 0.253 e. The maximum atomic E-state index is 13.9. The minimum atomic E-state index is -0.349. The van der Waals surface area contributed by atoms with Crippen molar-refractivity contribution in [3.05, 3.63) is 70.4 Å². The highest BCUT2D eigenvalue weighted by Gasteiger charge is 2.12. The Balaban J connectivity index is 0.00000192. The quantitative estimate of drug-likeness (QED) is 0.751. The molecule has 0 radical (unpaired) electrons. The zero-order valence-electron chi connectivity index (χ0n) is 12.2. The average molecular weight is 351 g/mol. The lowest BCUT2D eigenvalue weighted by Crippen LogP contribution is -2.23. The van der Waals surface area contributed by atoms with E-state index in [1.807, 2.05) is 29.6 Å². The number of rotatable bonds is 4. The topological polar surface area (TPSA) is 55.1 Å². The van der Waals surface area contributed by atoms with Crippen LogP contribution in [0.4, 0.5) is 4.39 Å². The third kappa shape index (κ3) is 3.69. The van der Waals surface area contributed by atoms with Gasteiger partial charge in [0.05, 0.1) is 5.56 Å². The van der Waals surface area contributed by atoms with Gasteiger partial charge < -0.3 is 11.1 Å². The SMILES string of the molecule is Cl.NCc1ccc(CNC(=O)c2csc3ccccc23)c(F)c1. The van der Waals surface area contributed by atoms with E-state index in [0.29, 0.717) is 17.7 Å². The van der Waals surface area contributed by atoms with Gasteiger partial charge in [-0.2, -0.15) is 0 Å². The first-order chi connectivity index (χ1) is 10.7. The van der Waals surface area contributed by atoms with E-state index < -0.39 is 0 Å². The Bertz CT molecular complexity index is 834. The van der Waals surface area contributed by atoms with Gasteiger partial charge in [-0.15, -0.1) is 23.7 Å². The summed E-state index contributed by atoms with van der Waals surface area (Å²) >= 11 is 1.52. The standard InChI is InChI=1S/C17H15FN2OS.ClH/c18-15-7-11(8-19)5-6-12(15)9-20-17(21)14-10-22-16-4-2-1-3-13(14)16;/h1-7,10H,8-9,19H2,(H,20,21);1H. The van der Waals surface area contributed by atoms with E-state index in [4.69, 9.17) is 5.73 Å². The second-order valence-corrected chi connectivity index (χ2v) is 5.87. The van der Waals surface area contributed by atoms with Crippen molar-refractivity contribution in [1.82, 2.24) is 5.32 Å². The van der Waals surface area contributed by atoms with Gasteiger partial charge in [0.2, 0.25) is 0 Å². The summed E-state index contributed by atoms with van der Waals surface area (Å²) in [6.07, 6.45) is 0. The highest BCUT2D eigenvalue weighted by atomic mass is 35.5. The first-order valence-electron chi connectivity index (χ1n) is 6.91. The van der Waals surface area contributed by atoms with Gasteiger partial charge >= 0.3 is 0 Å². The molecule has 23 heavy (non-hydrogen) atoms. The lowest BCUT2D eigenvalue weighted by Gasteiger charge is -2.07. The Morgan fingerprint density at radius 2 is 2.00 bits per heavy atom. The fourth-order valence-corrected chi connectivity index (χ4v) is 3.23. The summed E-state index contributed by atoms with van der Waals surface area (Å²) in [6, 6.07) is 12.6. The molecule has 0 atom stereocenters. The van der Waals surface area contributed by atoms with Gasteiger partial charge in [0.1, 0.15) is 5.82 Å². The zero-order valence-corrected chi connectivity index (χ0v) is 13.8. The number of hydrogen-bond donors (Lipinski definition) is 2. The van der Waals surface area contributed by atoms with E-state index in [-0.39, 0.29) is 30.7 Å². The maximum Gasteiger partial charge on any atom is 0.253 e. The molecule has 0 saturated heterocycles. The van der Waals surface area contributed by atoms with Gasteiger partial charge in [-0.3, -0.25) is 4.79 Å². The van der Waals surface area contributed by atoms with Crippen LogP contribution in [-0.4, -0.2) is 5.91 Å². The van der Waals surface area contributed by atoms with Crippen LogP contribution in [0.15, 0.2) is 47.8 Å². The number of hydrogen-bond acceptors (Lipinski definition) is 3. The Labute approximate surface area is 143 Å². The summed E-state index contributed by atoms with van der Waals surface area (Å²) in [4.78, 5) is 12.3. The number of thiophene rings is 1. The van der Waals surface area contributed by atoms with Crippen LogP contribution in [0.1, 0.15) is 21.5 Å². The van der Waals surface area contributed by atoms with E-state index in [9.17, 15) is 9.18 Å². The molecule has 2 aromatic carbocycles. The molecule has 6 heteroatoms. The minimum Gasteiger partial charge on any atom is -0.348 e. The molecule has 0 bridgehead atoms. The third-order valence-corrected chi connectivity index (χ3v) is 4.48. The second-order valence-electron chi connectivity index (χ2n) is 4.96. The summed E-state index contributed by atoms with van der Waals surface area (Å²) in [6.45, 7) is 0.449. The van der Waals surface area contributed by atoms with Crippen LogP contribution in [-0.2, 0) is 13.1 Å². The molecule has 0 aliphatic rings. The number of amides is 1. The summed E-state index contributed by atoms with van der Waals surface area (Å²) in [5.74, 6) is -0.543. The van der Waals surface area contributed by atoms with Gasteiger partial charge in [0, 0.05) is 34.1 Å². The molecule has 0 saturated carbocycles. The van der Waals surface area contributed by atoms with Crippen molar-refractivity contribution >= 4 is 39.7 Å². The molecular formula is C17H16ClFN2OS. The second kappa shape index (κ2) is 7.55. The highest BCUT2D eigenvalue weighted by Crippen LogP contribution is 2.25. The molecule has 3 N–H and O–H groups in total. The van der Waals surface area contributed by atoms with Crippen LogP contribution >= 0.6 is 23.7 Å². The lowest BCUT2D eigenvalue weighted by atomic mass is 10.1. The van der Waals surface area contributed by atoms with Gasteiger partial charge in [-0.05, 0) is 17.7 Å². The van der Waals surface area contributed by atoms with Gasteiger partial charge in [-0.25, -0.2) is 4.39 Å². The minimum absolute atomic E-state index is 0. The van der Waals surface area contributed by atoms with E-state index in [0.717, 1.165) is 15.6 Å². The molecule has 0 unspecified atom stereocenters. The van der Waals surface area contributed by atoms with Crippen molar-refractivity contribution in [2.24, 2.45) is 5.73 Å². The summed E-state index contributed by atoms with van der Waals surface area (Å²) in [5.41, 5.74) is 7.28. The number of halogens is 2. The summed E-state index contributed by atoms with van der Waals surface area (Å²) in [5, 5.41) is 5.52. The summed E-state index contributed by atoms with van der Waals surface area (Å²) < 4.78 is 14.9. The molecule has 120 valence electrons. The van der Waals surface area contributed by atoms with Gasteiger partial charge in [-0.1, -0.05) is 30.3 Å². The van der Waals surface area contributed by atoms with E-state index in [2.05, 4.69) is 5.32 Å². The van der Waals surface area contributed by atoms with Crippen LogP contribution in [0, 0.1) is 5.82 Å². The van der Waals surface area contributed by atoms with Gasteiger partial charge in [0.25, 0.3) is 5.91 Å². The molecule has 1 heterocycles. The Hall–Kier alpha value is -1.95. The van der Waals surface area contributed by atoms with Crippen LogP contribution in [0.25, 0.3) is 10.1 Å². The molecule has 3 nitrogen and oxygen atoms in total. The van der Waals surface area contributed by atoms with E-state index >= 15 is 0 Å². The largest absolute Gasteiger partial charge is 0.348 e. The van der Waals surface area contributed by atoms with Crippen molar-refractivity contribution in [2.45, 2.75) is 13.1 Å². The Kier molecular flexibility index (Phi) is 5.71. The molecule has 0 spiro atoms. The van der Waals surface area contributed by atoms with Gasteiger partial charge in [0.15, 0.2) is 0 Å². The van der Waals surface area contributed by atoms with Crippen molar-refractivity contribution < 1.29 is 9.18 Å². The molecule has 0 aliphatic heterocycles. The highest BCUT2D eigenvalue weighted by molar-refractivity contribution is 7.17. The molecule has 0 aliphatic carbocycles. The molecule has 1 aromatic heterocycles. The molecule has 0 fully saturated rings. The summed E-state index contributed by atoms with van der Waals surface area (Å²) in [7, 11) is 0. The fourth-order valence-electron chi connectivity index (χ4n) is 2.29. The molecular weight excluding hydrogens is 335 g/mol.